The molecule has 0 radical (unpaired) electrons. The fourth-order valence-corrected chi connectivity index (χ4v) is 4.60. The summed E-state index contributed by atoms with van der Waals surface area (Å²) in [4.78, 5) is 23.8. The molecule has 1 heterocycles. The van der Waals surface area contributed by atoms with Crippen LogP contribution in [0, 0.1) is 0 Å². The zero-order chi connectivity index (χ0) is 22.9. The van der Waals surface area contributed by atoms with Gasteiger partial charge in [0.2, 0.25) is 5.91 Å². The summed E-state index contributed by atoms with van der Waals surface area (Å²) >= 11 is 0. The van der Waals surface area contributed by atoms with Crippen molar-refractivity contribution in [2.45, 2.75) is 24.5 Å². The smallest absolute Gasteiger partial charge is 0.407 e. The van der Waals surface area contributed by atoms with Crippen LogP contribution >= 0.6 is 0 Å². The van der Waals surface area contributed by atoms with Crippen LogP contribution < -0.4 is 10.6 Å². The number of rotatable bonds is 6. The summed E-state index contributed by atoms with van der Waals surface area (Å²) in [6, 6.07) is 21.2. The van der Waals surface area contributed by atoms with Crippen molar-refractivity contribution in [3.05, 3.63) is 89.0 Å². The zero-order valence-electron chi connectivity index (χ0n) is 17.8. The number of hydrogen-bond acceptors (Lipinski definition) is 5. The average Bonchev–Trinajstić information content (AvgIpc) is 3.37. The number of anilines is 1. The molecule has 3 aromatic carbocycles. The third-order valence-electron chi connectivity index (χ3n) is 6.26. The van der Waals surface area contributed by atoms with Gasteiger partial charge in [0, 0.05) is 18.2 Å². The zero-order valence-corrected chi connectivity index (χ0v) is 17.8. The second-order valence-electron chi connectivity index (χ2n) is 8.36. The van der Waals surface area contributed by atoms with Crippen LogP contribution in [0.2, 0.25) is 0 Å². The number of hydrogen-bond donors (Lipinski definition) is 4. The second-order valence-corrected chi connectivity index (χ2v) is 8.36. The van der Waals surface area contributed by atoms with E-state index in [1.807, 2.05) is 36.4 Å². The molecule has 5 rings (SSSR count). The molecule has 2 amide bonds. The fourth-order valence-electron chi connectivity index (χ4n) is 4.60. The summed E-state index contributed by atoms with van der Waals surface area (Å²) in [5.74, 6) is -0.157. The third-order valence-corrected chi connectivity index (χ3v) is 6.26. The number of nitrogens with one attached hydrogen (secondary N) is 2. The van der Waals surface area contributed by atoms with Crippen molar-refractivity contribution in [2.24, 2.45) is 0 Å². The highest BCUT2D eigenvalue weighted by Gasteiger charge is 2.29. The lowest BCUT2D eigenvalue weighted by atomic mass is 9.98. The first kappa shape index (κ1) is 21.2. The van der Waals surface area contributed by atoms with E-state index >= 15 is 0 Å². The maximum absolute atomic E-state index is 12.3. The van der Waals surface area contributed by atoms with Crippen LogP contribution in [0.5, 0.6) is 0 Å². The number of aliphatic hydroxyl groups is 2. The van der Waals surface area contributed by atoms with Crippen LogP contribution in [-0.2, 0) is 16.0 Å². The lowest BCUT2D eigenvalue weighted by Crippen LogP contribution is -2.36. The Morgan fingerprint density at radius 2 is 1.70 bits per heavy atom. The Hall–Kier alpha value is -3.68. The minimum absolute atomic E-state index is 0.0543. The Balaban J connectivity index is 1.17. The summed E-state index contributed by atoms with van der Waals surface area (Å²) < 4.78 is 5.46. The molecule has 2 aliphatic rings. The Morgan fingerprint density at radius 3 is 2.39 bits per heavy atom. The van der Waals surface area contributed by atoms with E-state index in [1.54, 1.807) is 18.2 Å². The van der Waals surface area contributed by atoms with Crippen LogP contribution in [0.25, 0.3) is 11.1 Å². The van der Waals surface area contributed by atoms with E-state index in [1.165, 1.54) is 0 Å². The van der Waals surface area contributed by atoms with Gasteiger partial charge < -0.3 is 25.6 Å². The quantitative estimate of drug-likeness (QED) is 0.467. The van der Waals surface area contributed by atoms with Gasteiger partial charge in [0.25, 0.3) is 0 Å². The molecule has 3 aromatic rings. The molecule has 2 unspecified atom stereocenters. The number of alkyl carbamates (subject to hydrolysis) is 1. The number of fused-ring (bicyclic) bond motifs is 4. The lowest BCUT2D eigenvalue weighted by molar-refractivity contribution is -0.115. The van der Waals surface area contributed by atoms with E-state index < -0.39 is 18.3 Å². The van der Waals surface area contributed by atoms with Gasteiger partial charge in [-0.2, -0.15) is 0 Å². The van der Waals surface area contributed by atoms with Crippen molar-refractivity contribution in [3.63, 3.8) is 0 Å². The highest BCUT2D eigenvalue weighted by molar-refractivity contribution is 5.99. The van der Waals surface area contributed by atoms with E-state index in [0.29, 0.717) is 11.3 Å². The Labute approximate surface area is 191 Å². The number of carbonyl (C=O) groups excluding carboxylic acids is 2. The average molecular weight is 444 g/mol. The highest BCUT2D eigenvalue weighted by atomic mass is 16.5. The normalized spacial score (nSPS) is 15.8. The van der Waals surface area contributed by atoms with E-state index in [2.05, 4.69) is 22.8 Å². The van der Waals surface area contributed by atoms with Crippen molar-refractivity contribution in [1.29, 1.82) is 0 Å². The van der Waals surface area contributed by atoms with E-state index in [-0.39, 0.29) is 31.4 Å². The predicted octanol–water partition coefficient (Wildman–Crippen LogP) is 3.11. The maximum Gasteiger partial charge on any atom is 0.407 e. The molecule has 33 heavy (non-hydrogen) atoms. The summed E-state index contributed by atoms with van der Waals surface area (Å²) in [7, 11) is 0. The van der Waals surface area contributed by atoms with Crippen molar-refractivity contribution < 1.29 is 24.5 Å². The largest absolute Gasteiger partial charge is 0.449 e. The van der Waals surface area contributed by atoms with E-state index in [9.17, 15) is 19.8 Å². The molecule has 7 heteroatoms. The molecule has 0 saturated carbocycles. The van der Waals surface area contributed by atoms with E-state index in [0.717, 1.165) is 27.8 Å². The molecule has 0 fully saturated rings. The van der Waals surface area contributed by atoms with Gasteiger partial charge in [-0.05, 0) is 39.4 Å². The minimum atomic E-state index is -1.23. The van der Waals surface area contributed by atoms with Gasteiger partial charge in [0.15, 0.2) is 0 Å². The fraction of sp³-hybridized carbons (Fsp3) is 0.231. The number of benzene rings is 3. The summed E-state index contributed by atoms with van der Waals surface area (Å²) in [6.07, 6.45) is -2.86. The molecule has 168 valence electrons. The summed E-state index contributed by atoms with van der Waals surface area (Å²) in [5.41, 5.74) is 6.49. The number of amides is 2. The van der Waals surface area contributed by atoms with Gasteiger partial charge in [0.05, 0.1) is 6.42 Å². The van der Waals surface area contributed by atoms with Gasteiger partial charge in [-0.1, -0.05) is 60.7 Å². The molecule has 1 aliphatic heterocycles. The molecule has 7 nitrogen and oxygen atoms in total. The summed E-state index contributed by atoms with van der Waals surface area (Å²) in [5, 5.41) is 26.1. The SMILES string of the molecule is O=C1Cc2cc(C(O)C(O)CNC(=O)OCC3c4ccccc4-c4ccccc43)ccc2N1. The second kappa shape index (κ2) is 8.69. The minimum Gasteiger partial charge on any atom is -0.449 e. The van der Waals surface area contributed by atoms with Crippen LogP contribution in [0.1, 0.15) is 34.3 Å². The van der Waals surface area contributed by atoms with Gasteiger partial charge in [-0.15, -0.1) is 0 Å². The Bertz CT molecular complexity index is 1180. The van der Waals surface area contributed by atoms with Crippen molar-refractivity contribution in [3.8, 4) is 11.1 Å². The Morgan fingerprint density at radius 1 is 1.03 bits per heavy atom. The number of carbonyl (C=O) groups is 2. The standard InChI is InChI=1S/C26H24N2O5/c29-23(25(31)15-9-10-22-16(11-15)12-24(30)28-22)13-27-26(32)33-14-21-19-7-3-1-5-17(19)18-6-2-4-8-20(18)21/h1-11,21,23,25,29,31H,12-14H2,(H,27,32)(H,28,30). The van der Waals surface area contributed by atoms with E-state index in [4.69, 9.17) is 4.74 Å². The molecule has 0 saturated heterocycles. The van der Waals surface area contributed by atoms with Gasteiger partial charge in [-0.25, -0.2) is 4.79 Å². The van der Waals surface area contributed by atoms with Crippen molar-refractivity contribution in [1.82, 2.24) is 5.32 Å². The molecular weight excluding hydrogens is 420 g/mol. The number of ether oxygens (including phenoxy) is 1. The molecule has 1 aliphatic carbocycles. The highest BCUT2D eigenvalue weighted by Crippen LogP contribution is 2.44. The molecular formula is C26H24N2O5. The van der Waals surface area contributed by atoms with Gasteiger partial charge >= 0.3 is 6.09 Å². The van der Waals surface area contributed by atoms with Crippen molar-refractivity contribution in [2.75, 3.05) is 18.5 Å². The van der Waals surface area contributed by atoms with Crippen LogP contribution in [0.15, 0.2) is 66.7 Å². The van der Waals surface area contributed by atoms with Crippen LogP contribution in [0.4, 0.5) is 10.5 Å². The first-order valence-corrected chi connectivity index (χ1v) is 10.9. The predicted molar refractivity (Wildman–Crippen MR) is 123 cm³/mol. The topological polar surface area (TPSA) is 108 Å². The molecule has 0 spiro atoms. The lowest BCUT2D eigenvalue weighted by Gasteiger charge is -2.20. The van der Waals surface area contributed by atoms with Crippen LogP contribution in [0.3, 0.4) is 0 Å². The molecule has 2 atom stereocenters. The maximum atomic E-state index is 12.3. The Kier molecular flexibility index (Phi) is 5.58. The first-order valence-electron chi connectivity index (χ1n) is 10.9. The first-order chi connectivity index (χ1) is 16.0. The van der Waals surface area contributed by atoms with Gasteiger partial charge in [0.1, 0.15) is 18.8 Å². The third kappa shape index (κ3) is 4.08. The monoisotopic (exact) mass is 444 g/mol. The molecule has 0 aromatic heterocycles. The van der Waals surface area contributed by atoms with Crippen molar-refractivity contribution >= 4 is 17.7 Å². The van der Waals surface area contributed by atoms with Gasteiger partial charge in [-0.3, -0.25) is 4.79 Å². The van der Waals surface area contributed by atoms with Crippen LogP contribution in [-0.4, -0.2) is 41.5 Å². The summed E-state index contributed by atoms with van der Waals surface area (Å²) in [6.45, 7) is -0.00351. The molecule has 0 bridgehead atoms. The number of aliphatic hydroxyl groups excluding tert-OH is 2. The molecule has 4 N–H and O–H groups in total.